The number of rotatable bonds is 2. The van der Waals surface area contributed by atoms with E-state index in [2.05, 4.69) is 4.98 Å². The number of alkyl halides is 2. The van der Waals surface area contributed by atoms with E-state index in [1.807, 2.05) is 0 Å². The van der Waals surface area contributed by atoms with E-state index in [-0.39, 0.29) is 17.9 Å². The number of halogens is 2. The van der Waals surface area contributed by atoms with Crippen LogP contribution in [-0.4, -0.2) is 4.98 Å². The molecule has 0 bridgehead atoms. The zero-order valence-corrected chi connectivity index (χ0v) is 6.30. The number of pyridine rings is 1. The number of hydrogen-bond donors (Lipinski definition) is 2. The summed E-state index contributed by atoms with van der Waals surface area (Å²) in [4.78, 5) is 3.66. The fraction of sp³-hybridized carbons (Fsp3) is 0.286. The third-order valence-electron chi connectivity index (χ3n) is 1.50. The van der Waals surface area contributed by atoms with Crippen molar-refractivity contribution in [2.45, 2.75) is 13.0 Å². The highest BCUT2D eigenvalue weighted by Crippen LogP contribution is 2.23. The predicted octanol–water partition coefficient (Wildman–Crippen LogP) is 1.06. The molecule has 0 aliphatic rings. The lowest BCUT2D eigenvalue weighted by Crippen LogP contribution is -2.04. The smallest absolute Gasteiger partial charge is 0.264 e. The molecule has 0 spiro atoms. The van der Waals surface area contributed by atoms with Crippen LogP contribution in [0.2, 0.25) is 0 Å². The van der Waals surface area contributed by atoms with E-state index in [9.17, 15) is 8.78 Å². The Kier molecular flexibility index (Phi) is 2.54. The van der Waals surface area contributed by atoms with Crippen molar-refractivity contribution in [3.8, 4) is 0 Å². The summed E-state index contributed by atoms with van der Waals surface area (Å²) in [5.41, 5.74) is 10.7. The van der Waals surface area contributed by atoms with Gasteiger partial charge in [0, 0.05) is 18.3 Å². The Morgan fingerprint density at radius 3 is 2.67 bits per heavy atom. The molecule has 0 aromatic carbocycles. The monoisotopic (exact) mass is 173 g/mol. The van der Waals surface area contributed by atoms with Crippen LogP contribution in [0.15, 0.2) is 12.3 Å². The molecule has 0 amide bonds. The summed E-state index contributed by atoms with van der Waals surface area (Å²) in [5.74, 6) is 0.0856. The second-order valence-electron chi connectivity index (χ2n) is 2.31. The van der Waals surface area contributed by atoms with Crippen LogP contribution in [0.1, 0.15) is 17.6 Å². The first-order valence-electron chi connectivity index (χ1n) is 3.37. The maximum absolute atomic E-state index is 12.3. The standard InChI is InChI=1S/C7H9F2N3/c8-7(9)5-1-6(11)12-3-4(5)2-10/h1,3,7H,2,10H2,(H2,11,12). The van der Waals surface area contributed by atoms with Crippen LogP contribution in [0.5, 0.6) is 0 Å². The lowest BCUT2D eigenvalue weighted by Gasteiger charge is -2.06. The molecule has 0 radical (unpaired) electrons. The molecule has 1 heterocycles. The van der Waals surface area contributed by atoms with Crippen molar-refractivity contribution in [2.75, 3.05) is 5.73 Å². The largest absolute Gasteiger partial charge is 0.384 e. The lowest BCUT2D eigenvalue weighted by atomic mass is 10.1. The van der Waals surface area contributed by atoms with Gasteiger partial charge in [-0.1, -0.05) is 0 Å². The van der Waals surface area contributed by atoms with Crippen molar-refractivity contribution < 1.29 is 8.78 Å². The van der Waals surface area contributed by atoms with Crippen molar-refractivity contribution in [3.05, 3.63) is 23.4 Å². The van der Waals surface area contributed by atoms with E-state index in [0.29, 0.717) is 5.56 Å². The third kappa shape index (κ3) is 1.68. The Morgan fingerprint density at radius 1 is 1.50 bits per heavy atom. The topological polar surface area (TPSA) is 64.9 Å². The van der Waals surface area contributed by atoms with Gasteiger partial charge in [-0.3, -0.25) is 0 Å². The minimum atomic E-state index is -2.55. The molecule has 0 saturated carbocycles. The Balaban J connectivity index is 3.12. The second-order valence-corrected chi connectivity index (χ2v) is 2.31. The third-order valence-corrected chi connectivity index (χ3v) is 1.50. The van der Waals surface area contributed by atoms with Gasteiger partial charge in [0.25, 0.3) is 6.43 Å². The minimum absolute atomic E-state index is 0.0486. The molecule has 0 aliphatic carbocycles. The fourth-order valence-electron chi connectivity index (χ4n) is 0.890. The maximum Gasteiger partial charge on any atom is 0.264 e. The number of hydrogen-bond acceptors (Lipinski definition) is 3. The molecule has 0 atom stereocenters. The Morgan fingerprint density at radius 2 is 2.17 bits per heavy atom. The highest BCUT2D eigenvalue weighted by atomic mass is 19.3. The summed E-state index contributed by atoms with van der Waals surface area (Å²) in [5, 5.41) is 0. The van der Waals surface area contributed by atoms with Crippen molar-refractivity contribution in [3.63, 3.8) is 0 Å². The number of nitrogens with zero attached hydrogens (tertiary/aromatic N) is 1. The molecule has 4 N–H and O–H groups in total. The molecular weight excluding hydrogens is 164 g/mol. The maximum atomic E-state index is 12.3. The summed E-state index contributed by atoms with van der Waals surface area (Å²) in [6, 6.07) is 1.15. The molecule has 12 heavy (non-hydrogen) atoms. The van der Waals surface area contributed by atoms with E-state index in [0.717, 1.165) is 6.07 Å². The van der Waals surface area contributed by atoms with Gasteiger partial charge < -0.3 is 11.5 Å². The first-order chi connectivity index (χ1) is 5.65. The zero-order valence-electron chi connectivity index (χ0n) is 6.30. The first kappa shape index (κ1) is 8.86. The minimum Gasteiger partial charge on any atom is -0.384 e. The SMILES string of the molecule is NCc1cnc(N)cc1C(F)F. The van der Waals surface area contributed by atoms with Crippen LogP contribution in [0.4, 0.5) is 14.6 Å². The number of nitrogen functional groups attached to an aromatic ring is 1. The van der Waals surface area contributed by atoms with E-state index in [4.69, 9.17) is 11.5 Å². The number of aromatic nitrogens is 1. The van der Waals surface area contributed by atoms with E-state index in [1.165, 1.54) is 6.20 Å². The van der Waals surface area contributed by atoms with Gasteiger partial charge in [-0.15, -0.1) is 0 Å². The average molecular weight is 173 g/mol. The highest BCUT2D eigenvalue weighted by Gasteiger charge is 2.12. The van der Waals surface area contributed by atoms with Crippen LogP contribution < -0.4 is 11.5 Å². The molecule has 1 aromatic heterocycles. The molecule has 0 aliphatic heterocycles. The number of anilines is 1. The fourth-order valence-corrected chi connectivity index (χ4v) is 0.890. The van der Waals surface area contributed by atoms with Crippen LogP contribution >= 0.6 is 0 Å². The summed E-state index contributed by atoms with van der Waals surface area (Å²) in [6.07, 6.45) is -1.27. The van der Waals surface area contributed by atoms with Crippen molar-refractivity contribution in [1.82, 2.24) is 4.98 Å². The van der Waals surface area contributed by atoms with E-state index >= 15 is 0 Å². The molecule has 5 heteroatoms. The average Bonchev–Trinajstić information content (AvgIpc) is 2.04. The van der Waals surface area contributed by atoms with Gasteiger partial charge in [0.15, 0.2) is 0 Å². The normalized spacial score (nSPS) is 10.7. The van der Waals surface area contributed by atoms with Gasteiger partial charge in [-0.05, 0) is 11.6 Å². The van der Waals surface area contributed by atoms with Crippen LogP contribution in [0.3, 0.4) is 0 Å². The summed E-state index contributed by atoms with van der Waals surface area (Å²) >= 11 is 0. The van der Waals surface area contributed by atoms with Crippen molar-refractivity contribution in [2.24, 2.45) is 5.73 Å². The molecular formula is C7H9F2N3. The summed E-state index contributed by atoms with van der Waals surface area (Å²) < 4.78 is 24.5. The van der Waals surface area contributed by atoms with Gasteiger partial charge in [0.2, 0.25) is 0 Å². The Hall–Kier alpha value is -1.23. The number of nitrogens with two attached hydrogens (primary N) is 2. The summed E-state index contributed by atoms with van der Waals surface area (Å²) in [6.45, 7) is 0.0486. The van der Waals surface area contributed by atoms with E-state index < -0.39 is 6.43 Å². The highest BCUT2D eigenvalue weighted by molar-refractivity contribution is 5.37. The predicted molar refractivity (Wildman–Crippen MR) is 41.5 cm³/mol. The zero-order chi connectivity index (χ0) is 9.14. The van der Waals surface area contributed by atoms with Gasteiger partial charge >= 0.3 is 0 Å². The van der Waals surface area contributed by atoms with Crippen LogP contribution in [-0.2, 0) is 6.54 Å². The molecule has 66 valence electrons. The van der Waals surface area contributed by atoms with Gasteiger partial charge in [0.1, 0.15) is 5.82 Å². The molecule has 0 unspecified atom stereocenters. The van der Waals surface area contributed by atoms with Gasteiger partial charge in [-0.2, -0.15) is 0 Å². The molecule has 1 rings (SSSR count). The summed E-state index contributed by atoms with van der Waals surface area (Å²) in [7, 11) is 0. The molecule has 1 aromatic rings. The Bertz CT molecular complexity index is 275. The van der Waals surface area contributed by atoms with Crippen molar-refractivity contribution >= 4 is 5.82 Å². The molecule has 0 fully saturated rings. The van der Waals surface area contributed by atoms with E-state index in [1.54, 1.807) is 0 Å². The second kappa shape index (κ2) is 3.44. The first-order valence-corrected chi connectivity index (χ1v) is 3.37. The molecule has 3 nitrogen and oxygen atoms in total. The lowest BCUT2D eigenvalue weighted by molar-refractivity contribution is 0.150. The van der Waals surface area contributed by atoms with Crippen molar-refractivity contribution in [1.29, 1.82) is 0 Å². The molecule has 0 saturated heterocycles. The van der Waals surface area contributed by atoms with Crippen LogP contribution in [0.25, 0.3) is 0 Å². The van der Waals surface area contributed by atoms with Gasteiger partial charge in [-0.25, -0.2) is 13.8 Å². The quantitative estimate of drug-likeness (QED) is 0.702. The van der Waals surface area contributed by atoms with Crippen LogP contribution in [0, 0.1) is 0 Å². The Labute approximate surface area is 68.4 Å². The van der Waals surface area contributed by atoms with Gasteiger partial charge in [0.05, 0.1) is 0 Å².